The summed E-state index contributed by atoms with van der Waals surface area (Å²) in [6.45, 7) is 0. The first-order chi connectivity index (χ1) is 10.0. The van der Waals surface area contributed by atoms with E-state index in [4.69, 9.17) is 15.2 Å². The average molecular weight is 354 g/mol. The van der Waals surface area contributed by atoms with E-state index in [1.807, 2.05) is 12.1 Å². The van der Waals surface area contributed by atoms with Gasteiger partial charge in [0.05, 0.1) is 14.2 Å². The second-order valence-corrected chi connectivity index (χ2v) is 5.51. The molecule has 0 amide bonds. The lowest BCUT2D eigenvalue weighted by Crippen LogP contribution is -2.15. The lowest BCUT2D eigenvalue weighted by Gasteiger charge is -2.17. The monoisotopic (exact) mass is 353 g/mol. The van der Waals surface area contributed by atoms with Gasteiger partial charge in [0, 0.05) is 22.1 Å². The highest BCUT2D eigenvalue weighted by Gasteiger charge is 2.15. The fourth-order valence-corrected chi connectivity index (χ4v) is 2.67. The summed E-state index contributed by atoms with van der Waals surface area (Å²) in [4.78, 5) is 0. The predicted molar refractivity (Wildman–Crippen MR) is 84.3 cm³/mol. The predicted octanol–water partition coefficient (Wildman–Crippen LogP) is 3.85. The Bertz CT molecular complexity index is 634. The zero-order valence-electron chi connectivity index (χ0n) is 11.9. The number of hydrogen-bond acceptors (Lipinski definition) is 3. The quantitative estimate of drug-likeness (QED) is 0.887. The third-order valence-electron chi connectivity index (χ3n) is 3.30. The maximum absolute atomic E-state index is 13.1. The Morgan fingerprint density at radius 3 is 2.52 bits per heavy atom. The fourth-order valence-electron chi connectivity index (χ4n) is 2.16. The molecule has 0 fully saturated rings. The van der Waals surface area contributed by atoms with E-state index >= 15 is 0 Å². The number of ether oxygens (including phenoxy) is 2. The van der Waals surface area contributed by atoms with Crippen molar-refractivity contribution in [1.82, 2.24) is 0 Å². The normalized spacial score (nSPS) is 12.0. The van der Waals surface area contributed by atoms with Gasteiger partial charge in [0.2, 0.25) is 0 Å². The summed E-state index contributed by atoms with van der Waals surface area (Å²) in [7, 11) is 3.20. The van der Waals surface area contributed by atoms with E-state index in [0.29, 0.717) is 22.4 Å². The van der Waals surface area contributed by atoms with Crippen LogP contribution in [-0.4, -0.2) is 14.2 Å². The molecule has 2 rings (SSSR count). The summed E-state index contributed by atoms with van der Waals surface area (Å²) < 4.78 is 24.4. The number of methoxy groups -OCH3 is 2. The van der Waals surface area contributed by atoms with Crippen LogP contribution in [0.4, 0.5) is 4.39 Å². The molecule has 1 unspecified atom stereocenters. The molecular weight excluding hydrogens is 337 g/mol. The molecule has 0 radical (unpaired) electrons. The molecule has 5 heteroatoms. The van der Waals surface area contributed by atoms with Crippen molar-refractivity contribution in [3.05, 3.63) is 57.8 Å². The van der Waals surface area contributed by atoms with Crippen molar-refractivity contribution in [2.24, 2.45) is 5.73 Å². The Labute approximate surface area is 132 Å². The van der Waals surface area contributed by atoms with Gasteiger partial charge in [0.15, 0.2) is 0 Å². The van der Waals surface area contributed by atoms with Crippen LogP contribution < -0.4 is 15.2 Å². The Kier molecular flexibility index (Phi) is 5.20. The number of hydrogen-bond donors (Lipinski definition) is 1. The molecule has 0 aliphatic heterocycles. The summed E-state index contributed by atoms with van der Waals surface area (Å²) in [5, 5.41) is 0. The average Bonchev–Trinajstić information content (AvgIpc) is 2.49. The van der Waals surface area contributed by atoms with Crippen molar-refractivity contribution in [3.8, 4) is 11.5 Å². The molecular formula is C16H17BrFNO2. The first-order valence-electron chi connectivity index (χ1n) is 6.46. The van der Waals surface area contributed by atoms with Crippen LogP contribution >= 0.6 is 15.9 Å². The van der Waals surface area contributed by atoms with Crippen molar-refractivity contribution in [2.75, 3.05) is 14.2 Å². The SMILES string of the molecule is COc1ccc(C(N)Cc2ccc(F)cc2Br)c(OC)c1. The topological polar surface area (TPSA) is 44.5 Å². The Morgan fingerprint density at radius 1 is 1.14 bits per heavy atom. The summed E-state index contributed by atoms with van der Waals surface area (Å²) in [6.07, 6.45) is 0.573. The summed E-state index contributed by atoms with van der Waals surface area (Å²) in [5.41, 5.74) is 8.10. The highest BCUT2D eigenvalue weighted by atomic mass is 79.9. The fraction of sp³-hybridized carbons (Fsp3) is 0.250. The van der Waals surface area contributed by atoms with Crippen molar-refractivity contribution in [3.63, 3.8) is 0 Å². The minimum Gasteiger partial charge on any atom is -0.497 e. The lowest BCUT2D eigenvalue weighted by atomic mass is 9.98. The van der Waals surface area contributed by atoms with Crippen LogP contribution in [0.1, 0.15) is 17.2 Å². The van der Waals surface area contributed by atoms with Gasteiger partial charge in [-0.15, -0.1) is 0 Å². The van der Waals surface area contributed by atoms with Crippen LogP contribution in [0.15, 0.2) is 40.9 Å². The molecule has 3 nitrogen and oxygen atoms in total. The van der Waals surface area contributed by atoms with Gasteiger partial charge in [0.25, 0.3) is 0 Å². The smallest absolute Gasteiger partial charge is 0.127 e. The van der Waals surface area contributed by atoms with Gasteiger partial charge >= 0.3 is 0 Å². The van der Waals surface area contributed by atoms with E-state index in [1.165, 1.54) is 12.1 Å². The molecule has 21 heavy (non-hydrogen) atoms. The zero-order valence-corrected chi connectivity index (χ0v) is 13.5. The van der Waals surface area contributed by atoms with Crippen molar-refractivity contribution in [1.29, 1.82) is 0 Å². The third-order valence-corrected chi connectivity index (χ3v) is 4.03. The molecule has 1 atom stereocenters. The van der Waals surface area contributed by atoms with Gasteiger partial charge in [0.1, 0.15) is 17.3 Å². The van der Waals surface area contributed by atoms with Gasteiger partial charge in [-0.1, -0.05) is 28.1 Å². The second-order valence-electron chi connectivity index (χ2n) is 4.65. The van der Waals surface area contributed by atoms with Crippen LogP contribution in [0, 0.1) is 5.82 Å². The first kappa shape index (κ1) is 15.8. The van der Waals surface area contributed by atoms with Crippen molar-refractivity contribution >= 4 is 15.9 Å². The molecule has 0 bridgehead atoms. The van der Waals surface area contributed by atoms with Crippen LogP contribution in [0.3, 0.4) is 0 Å². The van der Waals surface area contributed by atoms with Gasteiger partial charge in [-0.05, 0) is 30.2 Å². The van der Waals surface area contributed by atoms with E-state index in [9.17, 15) is 4.39 Å². The molecule has 2 aromatic carbocycles. The highest BCUT2D eigenvalue weighted by molar-refractivity contribution is 9.10. The highest BCUT2D eigenvalue weighted by Crippen LogP contribution is 2.31. The molecule has 2 N–H and O–H groups in total. The van der Waals surface area contributed by atoms with Crippen LogP contribution in [0.25, 0.3) is 0 Å². The van der Waals surface area contributed by atoms with Gasteiger partial charge in [-0.2, -0.15) is 0 Å². The largest absolute Gasteiger partial charge is 0.497 e. The van der Waals surface area contributed by atoms with Gasteiger partial charge in [-0.3, -0.25) is 0 Å². The summed E-state index contributed by atoms with van der Waals surface area (Å²) >= 11 is 3.36. The standard InChI is InChI=1S/C16H17BrFNO2/c1-20-12-5-6-13(16(9-12)21-2)15(19)7-10-3-4-11(18)8-14(10)17/h3-6,8-9,15H,7,19H2,1-2H3. The Balaban J connectivity index is 2.25. The molecule has 0 aliphatic carbocycles. The van der Waals surface area contributed by atoms with E-state index < -0.39 is 0 Å². The lowest BCUT2D eigenvalue weighted by molar-refractivity contribution is 0.388. The maximum Gasteiger partial charge on any atom is 0.127 e. The number of halogens is 2. The molecule has 0 saturated carbocycles. The first-order valence-corrected chi connectivity index (χ1v) is 7.26. The van der Waals surface area contributed by atoms with E-state index in [2.05, 4.69) is 15.9 Å². The third kappa shape index (κ3) is 3.74. The summed E-state index contributed by atoms with van der Waals surface area (Å²) in [5.74, 6) is 1.12. The van der Waals surface area contributed by atoms with Gasteiger partial charge in [-0.25, -0.2) is 4.39 Å². The second kappa shape index (κ2) is 6.91. The number of nitrogens with two attached hydrogens (primary N) is 1. The zero-order chi connectivity index (χ0) is 15.4. The van der Waals surface area contributed by atoms with Crippen LogP contribution in [0.5, 0.6) is 11.5 Å². The molecule has 2 aromatic rings. The number of rotatable bonds is 5. The van der Waals surface area contributed by atoms with Crippen LogP contribution in [0.2, 0.25) is 0 Å². The Morgan fingerprint density at radius 2 is 1.90 bits per heavy atom. The molecule has 0 saturated heterocycles. The minimum absolute atomic E-state index is 0.257. The van der Waals surface area contributed by atoms with Crippen molar-refractivity contribution < 1.29 is 13.9 Å². The Hall–Kier alpha value is -1.59. The molecule has 0 aliphatic rings. The minimum atomic E-state index is -0.277. The van der Waals surface area contributed by atoms with E-state index in [-0.39, 0.29) is 11.9 Å². The molecule has 0 heterocycles. The van der Waals surface area contributed by atoms with Crippen molar-refractivity contribution in [2.45, 2.75) is 12.5 Å². The van der Waals surface area contributed by atoms with E-state index in [0.717, 1.165) is 11.1 Å². The molecule has 0 aromatic heterocycles. The molecule has 0 spiro atoms. The van der Waals surface area contributed by atoms with E-state index in [1.54, 1.807) is 26.4 Å². The maximum atomic E-state index is 13.1. The summed E-state index contributed by atoms with van der Waals surface area (Å²) in [6, 6.07) is 9.87. The van der Waals surface area contributed by atoms with Crippen LogP contribution in [-0.2, 0) is 6.42 Å². The number of benzene rings is 2. The van der Waals surface area contributed by atoms with Gasteiger partial charge < -0.3 is 15.2 Å². The molecule has 112 valence electrons.